The predicted octanol–water partition coefficient (Wildman–Crippen LogP) is 3.24. The summed E-state index contributed by atoms with van der Waals surface area (Å²) >= 11 is 0. The lowest BCUT2D eigenvalue weighted by Crippen LogP contribution is -2.31. The van der Waals surface area contributed by atoms with Crippen molar-refractivity contribution in [2.75, 3.05) is 13.2 Å². The Balaban J connectivity index is 1.81. The minimum Gasteiger partial charge on any atom is -0.378 e. The van der Waals surface area contributed by atoms with Crippen LogP contribution in [0.25, 0.3) is 0 Å². The van der Waals surface area contributed by atoms with Crippen LogP contribution >= 0.6 is 0 Å². The summed E-state index contributed by atoms with van der Waals surface area (Å²) in [5, 5.41) is 0. The Labute approximate surface area is 99.9 Å². The third kappa shape index (κ3) is 3.21. The Morgan fingerprint density at radius 2 is 1.81 bits per heavy atom. The lowest BCUT2D eigenvalue weighted by atomic mass is 9.76. The molecule has 94 valence electrons. The van der Waals surface area contributed by atoms with E-state index in [1.54, 1.807) is 0 Å². The number of nitrogens with two attached hydrogens (primary N) is 1. The molecule has 2 aliphatic rings. The van der Waals surface area contributed by atoms with Gasteiger partial charge in [0.2, 0.25) is 0 Å². The zero-order chi connectivity index (χ0) is 11.3. The Kier molecular flexibility index (Phi) is 4.66. The van der Waals surface area contributed by atoms with E-state index in [1.165, 1.54) is 64.2 Å². The van der Waals surface area contributed by atoms with Crippen LogP contribution in [0.1, 0.15) is 64.2 Å². The van der Waals surface area contributed by atoms with Crippen LogP contribution in [0.2, 0.25) is 0 Å². The van der Waals surface area contributed by atoms with Crippen LogP contribution in [0.5, 0.6) is 0 Å². The van der Waals surface area contributed by atoms with Crippen molar-refractivity contribution >= 4 is 0 Å². The molecule has 1 atom stereocenters. The highest BCUT2D eigenvalue weighted by Crippen LogP contribution is 2.39. The van der Waals surface area contributed by atoms with Gasteiger partial charge in [0.1, 0.15) is 0 Å². The van der Waals surface area contributed by atoms with E-state index in [4.69, 9.17) is 10.5 Å². The second kappa shape index (κ2) is 6.02. The molecule has 0 bridgehead atoms. The van der Waals surface area contributed by atoms with E-state index in [1.807, 2.05) is 0 Å². The molecule has 1 saturated heterocycles. The molecule has 0 spiro atoms. The first-order valence-electron chi connectivity index (χ1n) is 7.16. The fourth-order valence-corrected chi connectivity index (χ4v) is 3.37. The summed E-state index contributed by atoms with van der Waals surface area (Å²) in [5.41, 5.74) is 6.51. The second-order valence-electron chi connectivity index (χ2n) is 5.79. The third-order valence-electron chi connectivity index (χ3n) is 4.62. The van der Waals surface area contributed by atoms with Crippen molar-refractivity contribution in [1.82, 2.24) is 0 Å². The normalized spacial score (nSPS) is 30.2. The first-order valence-corrected chi connectivity index (χ1v) is 7.16. The summed E-state index contributed by atoms with van der Waals surface area (Å²) < 4.78 is 5.72. The van der Waals surface area contributed by atoms with Crippen molar-refractivity contribution in [2.24, 2.45) is 11.1 Å². The largest absolute Gasteiger partial charge is 0.378 e. The summed E-state index contributed by atoms with van der Waals surface area (Å²) in [6, 6.07) is 0. The summed E-state index contributed by atoms with van der Waals surface area (Å²) in [4.78, 5) is 0. The molecule has 2 N–H and O–H groups in total. The van der Waals surface area contributed by atoms with Gasteiger partial charge in [-0.15, -0.1) is 0 Å². The fraction of sp³-hybridized carbons (Fsp3) is 1.00. The molecule has 0 aromatic heterocycles. The predicted molar refractivity (Wildman–Crippen MR) is 67.4 cm³/mol. The smallest absolute Gasteiger partial charge is 0.0576 e. The van der Waals surface area contributed by atoms with Crippen molar-refractivity contribution in [3.63, 3.8) is 0 Å². The molecular formula is C14H27NO. The van der Waals surface area contributed by atoms with E-state index in [0.717, 1.165) is 13.2 Å². The van der Waals surface area contributed by atoms with E-state index >= 15 is 0 Å². The molecule has 2 nitrogen and oxygen atoms in total. The second-order valence-corrected chi connectivity index (χ2v) is 5.79. The Morgan fingerprint density at radius 1 is 1.06 bits per heavy atom. The van der Waals surface area contributed by atoms with E-state index in [9.17, 15) is 0 Å². The lowest BCUT2D eigenvalue weighted by molar-refractivity contribution is 0.0848. The summed E-state index contributed by atoms with van der Waals surface area (Å²) in [6.45, 7) is 1.88. The molecule has 1 unspecified atom stereocenters. The highest BCUT2D eigenvalue weighted by Gasteiger charge is 2.30. The maximum Gasteiger partial charge on any atom is 0.0576 e. The van der Waals surface area contributed by atoms with Crippen molar-refractivity contribution in [3.8, 4) is 0 Å². The van der Waals surface area contributed by atoms with Gasteiger partial charge >= 0.3 is 0 Å². The van der Waals surface area contributed by atoms with Crippen molar-refractivity contribution in [3.05, 3.63) is 0 Å². The van der Waals surface area contributed by atoms with Crippen molar-refractivity contribution in [1.29, 1.82) is 0 Å². The van der Waals surface area contributed by atoms with Gasteiger partial charge < -0.3 is 10.5 Å². The molecule has 1 aliphatic carbocycles. The molecule has 2 heteroatoms. The average Bonchev–Trinajstić information content (AvgIpc) is 2.72. The van der Waals surface area contributed by atoms with Gasteiger partial charge in [0.15, 0.2) is 0 Å². The zero-order valence-electron chi connectivity index (χ0n) is 10.5. The number of hydrogen-bond acceptors (Lipinski definition) is 2. The lowest BCUT2D eigenvalue weighted by Gasteiger charge is -2.32. The molecule has 2 rings (SSSR count). The average molecular weight is 225 g/mol. The molecule has 2 fully saturated rings. The molecule has 1 aliphatic heterocycles. The molecule has 0 amide bonds. The van der Waals surface area contributed by atoms with Gasteiger partial charge in [-0.1, -0.05) is 25.7 Å². The monoisotopic (exact) mass is 225 g/mol. The van der Waals surface area contributed by atoms with Crippen LogP contribution in [0.3, 0.4) is 0 Å². The Bertz CT molecular complexity index is 191. The topological polar surface area (TPSA) is 35.2 Å². The Hall–Kier alpha value is -0.0800. The van der Waals surface area contributed by atoms with Gasteiger partial charge in [0, 0.05) is 6.61 Å². The molecule has 1 heterocycles. The first kappa shape index (κ1) is 12.4. The summed E-state index contributed by atoms with van der Waals surface area (Å²) in [5.74, 6) is 0. The third-order valence-corrected chi connectivity index (χ3v) is 4.62. The van der Waals surface area contributed by atoms with E-state index in [-0.39, 0.29) is 0 Å². The van der Waals surface area contributed by atoms with Gasteiger partial charge in [0.25, 0.3) is 0 Å². The molecule has 1 saturated carbocycles. The number of rotatable bonds is 4. The first-order chi connectivity index (χ1) is 7.85. The van der Waals surface area contributed by atoms with Crippen LogP contribution in [-0.4, -0.2) is 19.3 Å². The van der Waals surface area contributed by atoms with Crippen molar-refractivity contribution in [2.45, 2.75) is 70.3 Å². The maximum absolute atomic E-state index is 6.05. The van der Waals surface area contributed by atoms with Crippen LogP contribution in [-0.2, 0) is 4.74 Å². The maximum atomic E-state index is 6.05. The summed E-state index contributed by atoms with van der Waals surface area (Å²) in [7, 11) is 0. The minimum absolute atomic E-state index is 0.461. The molecule has 0 aromatic carbocycles. The van der Waals surface area contributed by atoms with Crippen LogP contribution in [0.15, 0.2) is 0 Å². The van der Waals surface area contributed by atoms with Crippen LogP contribution < -0.4 is 5.73 Å². The standard InChI is InChI=1S/C14H27NO/c15-12-14(8-3-1-2-4-9-14)10-7-13-6-5-11-16-13/h13H,1-12,15H2. The van der Waals surface area contributed by atoms with Crippen LogP contribution in [0.4, 0.5) is 0 Å². The van der Waals surface area contributed by atoms with Gasteiger partial charge in [-0.25, -0.2) is 0 Å². The fourth-order valence-electron chi connectivity index (χ4n) is 3.37. The number of hydrogen-bond donors (Lipinski definition) is 1. The highest BCUT2D eigenvalue weighted by atomic mass is 16.5. The van der Waals surface area contributed by atoms with Crippen LogP contribution in [0, 0.1) is 5.41 Å². The van der Waals surface area contributed by atoms with Gasteiger partial charge in [-0.3, -0.25) is 0 Å². The molecule has 0 radical (unpaired) electrons. The SMILES string of the molecule is NCC1(CCC2CCCO2)CCCCCC1. The minimum atomic E-state index is 0.461. The molecule has 0 aromatic rings. The molecular weight excluding hydrogens is 198 g/mol. The molecule has 16 heavy (non-hydrogen) atoms. The quantitative estimate of drug-likeness (QED) is 0.745. The van der Waals surface area contributed by atoms with E-state index in [0.29, 0.717) is 11.5 Å². The van der Waals surface area contributed by atoms with Crippen molar-refractivity contribution < 1.29 is 4.74 Å². The van der Waals surface area contributed by atoms with E-state index < -0.39 is 0 Å². The van der Waals surface area contributed by atoms with E-state index in [2.05, 4.69) is 0 Å². The summed E-state index contributed by atoms with van der Waals surface area (Å²) in [6.07, 6.45) is 14.0. The van der Waals surface area contributed by atoms with Gasteiger partial charge in [-0.2, -0.15) is 0 Å². The van der Waals surface area contributed by atoms with Gasteiger partial charge in [0.05, 0.1) is 6.10 Å². The zero-order valence-corrected chi connectivity index (χ0v) is 10.5. The number of ether oxygens (including phenoxy) is 1. The van der Waals surface area contributed by atoms with Gasteiger partial charge in [-0.05, 0) is 50.5 Å². The highest BCUT2D eigenvalue weighted by molar-refractivity contribution is 4.84. The Morgan fingerprint density at radius 3 is 2.38 bits per heavy atom.